The lowest BCUT2D eigenvalue weighted by molar-refractivity contribution is -0.139. The van der Waals surface area contributed by atoms with Gasteiger partial charge in [0, 0.05) is 12.8 Å². The van der Waals surface area contributed by atoms with Crippen molar-refractivity contribution in [2.75, 3.05) is 13.1 Å². The van der Waals surface area contributed by atoms with Crippen molar-refractivity contribution in [3.8, 4) is 6.07 Å². The van der Waals surface area contributed by atoms with Crippen LogP contribution in [0.3, 0.4) is 0 Å². The number of likely N-dealkylation sites (tertiary alicyclic amines) is 1. The molecule has 5 nitrogen and oxygen atoms in total. The molecule has 2 amide bonds. The third kappa shape index (κ3) is 2.80. The van der Waals surface area contributed by atoms with Gasteiger partial charge in [-0.2, -0.15) is 5.26 Å². The van der Waals surface area contributed by atoms with E-state index in [-0.39, 0.29) is 31.2 Å². The second-order valence-corrected chi connectivity index (χ2v) is 4.24. The summed E-state index contributed by atoms with van der Waals surface area (Å²) in [4.78, 5) is 24.0. The molecule has 1 aliphatic rings. The first-order chi connectivity index (χ1) is 7.52. The zero-order valence-electron chi connectivity index (χ0n) is 9.75. The molecule has 1 atom stereocenters. The highest BCUT2D eigenvalue weighted by Gasteiger charge is 2.35. The minimum Gasteiger partial charge on any atom is -0.298 e. The van der Waals surface area contributed by atoms with Crippen LogP contribution in [-0.4, -0.2) is 35.3 Å². The Bertz CT molecular complexity index is 319. The standard InChI is InChI=1S/C11H17N3O2/c1-3-6-13-11(2,7-12)8-14-9(15)4-5-10(14)16/h13H,3-6,8H2,1-2H3. The van der Waals surface area contributed by atoms with Gasteiger partial charge in [-0.1, -0.05) is 6.92 Å². The van der Waals surface area contributed by atoms with Gasteiger partial charge in [0.05, 0.1) is 12.6 Å². The second-order valence-electron chi connectivity index (χ2n) is 4.24. The monoisotopic (exact) mass is 223 g/mol. The Morgan fingerprint density at radius 3 is 2.44 bits per heavy atom. The number of hydrogen-bond acceptors (Lipinski definition) is 4. The molecule has 0 aliphatic carbocycles. The number of carbonyl (C=O) groups excluding carboxylic acids is 2. The van der Waals surface area contributed by atoms with Gasteiger partial charge < -0.3 is 0 Å². The maximum atomic E-state index is 11.4. The number of nitrogens with zero attached hydrogens (tertiary/aromatic N) is 2. The minimum atomic E-state index is -0.842. The van der Waals surface area contributed by atoms with E-state index in [1.165, 1.54) is 4.90 Å². The third-order valence-corrected chi connectivity index (χ3v) is 2.64. The summed E-state index contributed by atoms with van der Waals surface area (Å²) in [5.41, 5.74) is -0.842. The van der Waals surface area contributed by atoms with E-state index in [2.05, 4.69) is 11.4 Å². The van der Waals surface area contributed by atoms with Gasteiger partial charge in [0.1, 0.15) is 5.54 Å². The zero-order chi connectivity index (χ0) is 12.2. The van der Waals surface area contributed by atoms with Crippen LogP contribution < -0.4 is 5.32 Å². The summed E-state index contributed by atoms with van der Waals surface area (Å²) in [6.45, 7) is 4.54. The second kappa shape index (κ2) is 5.08. The molecular weight excluding hydrogens is 206 g/mol. The molecule has 1 heterocycles. The predicted molar refractivity (Wildman–Crippen MR) is 58.3 cm³/mol. The molecule has 1 unspecified atom stereocenters. The molecular formula is C11H17N3O2. The van der Waals surface area contributed by atoms with Crippen LogP contribution in [0.2, 0.25) is 0 Å². The van der Waals surface area contributed by atoms with Gasteiger partial charge >= 0.3 is 0 Å². The van der Waals surface area contributed by atoms with Crippen LogP contribution in [0.5, 0.6) is 0 Å². The van der Waals surface area contributed by atoms with E-state index in [1.54, 1.807) is 6.92 Å². The molecule has 0 aromatic rings. The van der Waals surface area contributed by atoms with E-state index in [1.807, 2.05) is 6.92 Å². The number of hydrogen-bond donors (Lipinski definition) is 1. The number of nitriles is 1. The van der Waals surface area contributed by atoms with E-state index in [9.17, 15) is 9.59 Å². The predicted octanol–water partition coefficient (Wildman–Crippen LogP) is 0.417. The molecule has 1 fully saturated rings. The number of nitrogens with one attached hydrogen (secondary N) is 1. The summed E-state index contributed by atoms with van der Waals surface area (Å²) in [6, 6.07) is 2.12. The number of amides is 2. The van der Waals surface area contributed by atoms with Crippen molar-refractivity contribution in [2.24, 2.45) is 0 Å². The Balaban J connectivity index is 2.66. The van der Waals surface area contributed by atoms with E-state index in [0.29, 0.717) is 6.54 Å². The number of carbonyl (C=O) groups is 2. The Kier molecular flexibility index (Phi) is 4.02. The molecule has 1 saturated heterocycles. The Morgan fingerprint density at radius 1 is 1.44 bits per heavy atom. The van der Waals surface area contributed by atoms with Crippen LogP contribution in [0, 0.1) is 11.3 Å². The first-order valence-electron chi connectivity index (χ1n) is 5.52. The number of imide groups is 1. The number of rotatable bonds is 5. The quantitative estimate of drug-likeness (QED) is 0.685. The Hall–Kier alpha value is -1.41. The van der Waals surface area contributed by atoms with Crippen LogP contribution >= 0.6 is 0 Å². The molecule has 0 aromatic carbocycles. The lowest BCUT2D eigenvalue weighted by Crippen LogP contribution is -2.52. The van der Waals surface area contributed by atoms with E-state index >= 15 is 0 Å². The fourth-order valence-electron chi connectivity index (χ4n) is 1.65. The Morgan fingerprint density at radius 2 is 2.00 bits per heavy atom. The molecule has 0 spiro atoms. The summed E-state index contributed by atoms with van der Waals surface area (Å²) in [5, 5.41) is 12.1. The smallest absolute Gasteiger partial charge is 0.229 e. The molecule has 16 heavy (non-hydrogen) atoms. The maximum absolute atomic E-state index is 11.4. The lowest BCUT2D eigenvalue weighted by atomic mass is 10.0. The van der Waals surface area contributed by atoms with Crippen LogP contribution in [0.1, 0.15) is 33.1 Å². The summed E-state index contributed by atoms with van der Waals surface area (Å²) in [5.74, 6) is -0.352. The molecule has 1 rings (SSSR count). The van der Waals surface area contributed by atoms with Gasteiger partial charge in [-0.3, -0.25) is 19.8 Å². The highest BCUT2D eigenvalue weighted by molar-refractivity contribution is 6.02. The summed E-state index contributed by atoms with van der Waals surface area (Å²) in [6.07, 6.45) is 1.45. The fourth-order valence-corrected chi connectivity index (χ4v) is 1.65. The van der Waals surface area contributed by atoms with E-state index in [0.717, 1.165) is 6.42 Å². The SMILES string of the molecule is CCCNC(C)(C#N)CN1C(=O)CCC1=O. The average Bonchev–Trinajstić information content (AvgIpc) is 2.58. The highest BCUT2D eigenvalue weighted by atomic mass is 16.2. The van der Waals surface area contributed by atoms with Crippen LogP contribution in [0.25, 0.3) is 0 Å². The molecule has 88 valence electrons. The van der Waals surface area contributed by atoms with Crippen molar-refractivity contribution in [2.45, 2.75) is 38.6 Å². The largest absolute Gasteiger partial charge is 0.298 e. The molecule has 5 heteroatoms. The molecule has 1 N–H and O–H groups in total. The van der Waals surface area contributed by atoms with Crippen molar-refractivity contribution < 1.29 is 9.59 Å². The third-order valence-electron chi connectivity index (χ3n) is 2.64. The summed E-state index contributed by atoms with van der Waals surface area (Å²) in [7, 11) is 0. The highest BCUT2D eigenvalue weighted by Crippen LogP contribution is 2.15. The summed E-state index contributed by atoms with van der Waals surface area (Å²) < 4.78 is 0. The van der Waals surface area contributed by atoms with Gasteiger partial charge in [0.25, 0.3) is 0 Å². The lowest BCUT2D eigenvalue weighted by Gasteiger charge is -2.27. The van der Waals surface area contributed by atoms with Crippen molar-refractivity contribution in [1.29, 1.82) is 5.26 Å². The molecule has 0 radical (unpaired) electrons. The topological polar surface area (TPSA) is 73.2 Å². The van der Waals surface area contributed by atoms with E-state index in [4.69, 9.17) is 5.26 Å². The van der Waals surface area contributed by atoms with Crippen LogP contribution in [0.15, 0.2) is 0 Å². The van der Waals surface area contributed by atoms with Gasteiger partial charge in [-0.05, 0) is 19.9 Å². The normalized spacial score (nSPS) is 19.7. The fraction of sp³-hybridized carbons (Fsp3) is 0.727. The van der Waals surface area contributed by atoms with Crippen molar-refractivity contribution in [3.63, 3.8) is 0 Å². The Labute approximate surface area is 95.4 Å². The van der Waals surface area contributed by atoms with Gasteiger partial charge in [-0.25, -0.2) is 0 Å². The molecule has 0 saturated carbocycles. The minimum absolute atomic E-state index is 0.140. The van der Waals surface area contributed by atoms with Gasteiger partial charge in [-0.15, -0.1) is 0 Å². The first kappa shape index (κ1) is 12.7. The average molecular weight is 223 g/mol. The maximum Gasteiger partial charge on any atom is 0.229 e. The van der Waals surface area contributed by atoms with Gasteiger partial charge in [0.15, 0.2) is 0 Å². The summed E-state index contributed by atoms with van der Waals surface area (Å²) >= 11 is 0. The van der Waals surface area contributed by atoms with Gasteiger partial charge in [0.2, 0.25) is 11.8 Å². The van der Waals surface area contributed by atoms with Crippen molar-refractivity contribution in [1.82, 2.24) is 10.2 Å². The molecule has 0 bridgehead atoms. The van der Waals surface area contributed by atoms with E-state index < -0.39 is 5.54 Å². The molecule has 1 aliphatic heterocycles. The zero-order valence-corrected chi connectivity index (χ0v) is 9.75. The first-order valence-corrected chi connectivity index (χ1v) is 5.52. The van der Waals surface area contributed by atoms with Crippen LogP contribution in [0.4, 0.5) is 0 Å². The van der Waals surface area contributed by atoms with Crippen molar-refractivity contribution in [3.05, 3.63) is 0 Å². The molecule has 0 aromatic heterocycles. The van der Waals surface area contributed by atoms with Crippen LogP contribution in [-0.2, 0) is 9.59 Å². The van der Waals surface area contributed by atoms with Crippen molar-refractivity contribution >= 4 is 11.8 Å².